The summed E-state index contributed by atoms with van der Waals surface area (Å²) >= 11 is 0. The largest absolute Gasteiger partial charge is 0.493 e. The second kappa shape index (κ2) is 9.53. The number of rotatable bonds is 5. The van der Waals surface area contributed by atoms with Gasteiger partial charge < -0.3 is 18.9 Å². The fourth-order valence-electron chi connectivity index (χ4n) is 2.86. The van der Waals surface area contributed by atoms with Gasteiger partial charge in [0.05, 0.1) is 21.3 Å². The molecule has 3 aromatic carbocycles. The second-order valence-electron chi connectivity index (χ2n) is 6.44. The summed E-state index contributed by atoms with van der Waals surface area (Å²) in [6, 6.07) is 19.1. The van der Waals surface area contributed by atoms with E-state index in [0.29, 0.717) is 22.8 Å². The summed E-state index contributed by atoms with van der Waals surface area (Å²) in [5, 5.41) is 0. The standard InChI is InChI=1S/C25H22O5/c1-17-5-10-19(11-6-17)20-12-7-18(8-13-20)9-14-24(26)30-21-15-22(27-2)25(29-4)23(16-21)28-3/h5-8,10-13,15-16H,1-4H3. The van der Waals surface area contributed by atoms with E-state index in [1.54, 1.807) is 0 Å². The third-order valence-corrected chi connectivity index (χ3v) is 4.43. The molecule has 0 atom stereocenters. The van der Waals surface area contributed by atoms with Crippen LogP contribution >= 0.6 is 0 Å². The van der Waals surface area contributed by atoms with E-state index in [1.807, 2.05) is 24.3 Å². The van der Waals surface area contributed by atoms with E-state index >= 15 is 0 Å². The Kier molecular flexibility index (Phi) is 6.61. The zero-order chi connectivity index (χ0) is 21.5. The first kappa shape index (κ1) is 20.8. The maximum atomic E-state index is 12.2. The molecule has 0 amide bonds. The van der Waals surface area contributed by atoms with Gasteiger partial charge in [-0.2, -0.15) is 0 Å². The molecule has 0 saturated carbocycles. The molecule has 5 nitrogen and oxygen atoms in total. The van der Waals surface area contributed by atoms with Crippen molar-refractivity contribution in [3.05, 3.63) is 71.8 Å². The van der Waals surface area contributed by atoms with Crippen LogP contribution < -0.4 is 18.9 Å². The summed E-state index contributed by atoms with van der Waals surface area (Å²) in [7, 11) is 4.48. The Bertz CT molecular complexity index is 1060. The number of hydrogen-bond donors (Lipinski definition) is 0. The molecule has 0 fully saturated rings. The molecule has 0 N–H and O–H groups in total. The quantitative estimate of drug-likeness (QED) is 0.353. The molecule has 5 heteroatoms. The lowest BCUT2D eigenvalue weighted by Gasteiger charge is -2.13. The molecule has 0 aromatic heterocycles. The zero-order valence-electron chi connectivity index (χ0n) is 17.3. The van der Waals surface area contributed by atoms with E-state index in [1.165, 1.54) is 39.0 Å². The van der Waals surface area contributed by atoms with Crippen molar-refractivity contribution in [3.8, 4) is 46.0 Å². The minimum absolute atomic E-state index is 0.249. The summed E-state index contributed by atoms with van der Waals surface area (Å²) in [6.45, 7) is 2.06. The highest BCUT2D eigenvalue weighted by Gasteiger charge is 2.15. The highest BCUT2D eigenvalue weighted by Crippen LogP contribution is 2.40. The maximum Gasteiger partial charge on any atom is 0.390 e. The predicted octanol–water partition coefficient (Wildman–Crippen LogP) is 4.64. The lowest BCUT2D eigenvalue weighted by molar-refractivity contribution is -0.128. The first-order valence-corrected chi connectivity index (χ1v) is 9.25. The minimum atomic E-state index is -0.688. The molecule has 0 bridgehead atoms. The van der Waals surface area contributed by atoms with Crippen LogP contribution in [-0.2, 0) is 4.79 Å². The Balaban J connectivity index is 1.72. The normalized spacial score (nSPS) is 9.87. The lowest BCUT2D eigenvalue weighted by atomic mass is 10.0. The van der Waals surface area contributed by atoms with Gasteiger partial charge in [0, 0.05) is 23.6 Å². The van der Waals surface area contributed by atoms with E-state index in [0.717, 1.165) is 11.1 Å². The third-order valence-electron chi connectivity index (χ3n) is 4.43. The molecule has 0 heterocycles. The summed E-state index contributed by atoms with van der Waals surface area (Å²) < 4.78 is 21.1. The van der Waals surface area contributed by atoms with Crippen LogP contribution in [0.2, 0.25) is 0 Å². The van der Waals surface area contributed by atoms with Gasteiger partial charge in [-0.15, -0.1) is 0 Å². The molecule has 0 saturated heterocycles. The Morgan fingerprint density at radius 2 is 1.30 bits per heavy atom. The molecule has 0 aliphatic heterocycles. The Hall–Kier alpha value is -3.91. The van der Waals surface area contributed by atoms with E-state index in [2.05, 4.69) is 43.0 Å². The molecule has 0 aliphatic rings. The van der Waals surface area contributed by atoms with Gasteiger partial charge in [0.25, 0.3) is 0 Å². The highest BCUT2D eigenvalue weighted by atomic mass is 16.5. The number of carbonyl (C=O) groups is 1. The van der Waals surface area contributed by atoms with Gasteiger partial charge in [0.1, 0.15) is 5.75 Å². The molecule has 3 rings (SSSR count). The van der Waals surface area contributed by atoms with Crippen LogP contribution in [0.3, 0.4) is 0 Å². The molecule has 0 radical (unpaired) electrons. The number of carbonyl (C=O) groups excluding carboxylic acids is 1. The van der Waals surface area contributed by atoms with Crippen molar-refractivity contribution in [3.63, 3.8) is 0 Å². The van der Waals surface area contributed by atoms with Gasteiger partial charge in [0.15, 0.2) is 11.5 Å². The summed E-state index contributed by atoms with van der Waals surface area (Å²) in [5.41, 5.74) is 4.14. The summed E-state index contributed by atoms with van der Waals surface area (Å²) in [5.74, 6) is 6.07. The monoisotopic (exact) mass is 402 g/mol. The molecule has 30 heavy (non-hydrogen) atoms. The highest BCUT2D eigenvalue weighted by molar-refractivity contribution is 5.91. The van der Waals surface area contributed by atoms with Gasteiger partial charge in [-0.25, -0.2) is 4.79 Å². The second-order valence-corrected chi connectivity index (χ2v) is 6.44. The van der Waals surface area contributed by atoms with Crippen LogP contribution in [0.5, 0.6) is 23.0 Å². The number of hydrogen-bond acceptors (Lipinski definition) is 5. The van der Waals surface area contributed by atoms with Crippen LogP contribution in [0, 0.1) is 18.8 Å². The molecule has 152 valence electrons. The van der Waals surface area contributed by atoms with Gasteiger partial charge >= 0.3 is 5.97 Å². The number of ether oxygens (including phenoxy) is 4. The molecule has 0 unspecified atom stereocenters. The van der Waals surface area contributed by atoms with Crippen molar-refractivity contribution in [2.75, 3.05) is 21.3 Å². The van der Waals surface area contributed by atoms with Crippen molar-refractivity contribution in [2.45, 2.75) is 6.92 Å². The first-order valence-electron chi connectivity index (χ1n) is 9.25. The Morgan fingerprint density at radius 3 is 1.80 bits per heavy atom. The van der Waals surface area contributed by atoms with Crippen LogP contribution in [0.25, 0.3) is 11.1 Å². The first-order chi connectivity index (χ1) is 14.5. The summed E-state index contributed by atoms with van der Waals surface area (Å²) in [6.07, 6.45) is 0. The van der Waals surface area contributed by atoms with E-state index in [9.17, 15) is 4.79 Å². The number of benzene rings is 3. The molecular weight excluding hydrogens is 380 g/mol. The SMILES string of the molecule is COc1cc(OC(=O)C#Cc2ccc(-c3ccc(C)cc3)cc2)cc(OC)c1OC. The lowest BCUT2D eigenvalue weighted by Crippen LogP contribution is -2.05. The van der Waals surface area contributed by atoms with Crippen molar-refractivity contribution in [1.82, 2.24) is 0 Å². The van der Waals surface area contributed by atoms with Crippen molar-refractivity contribution >= 4 is 5.97 Å². The van der Waals surface area contributed by atoms with E-state index < -0.39 is 5.97 Å². The van der Waals surface area contributed by atoms with Gasteiger partial charge in [0.2, 0.25) is 5.75 Å². The fraction of sp³-hybridized carbons (Fsp3) is 0.160. The topological polar surface area (TPSA) is 54.0 Å². The van der Waals surface area contributed by atoms with Crippen molar-refractivity contribution in [1.29, 1.82) is 0 Å². The number of methoxy groups -OCH3 is 3. The molecular formula is C25H22O5. The van der Waals surface area contributed by atoms with Gasteiger partial charge in [-0.1, -0.05) is 47.9 Å². The molecule has 0 spiro atoms. The number of aryl methyl sites for hydroxylation is 1. The molecule has 0 aliphatic carbocycles. The van der Waals surface area contributed by atoms with Crippen molar-refractivity contribution in [2.24, 2.45) is 0 Å². The van der Waals surface area contributed by atoms with Crippen LogP contribution in [0.15, 0.2) is 60.7 Å². The Morgan fingerprint density at radius 1 is 0.767 bits per heavy atom. The molecule has 3 aromatic rings. The average molecular weight is 402 g/mol. The van der Waals surface area contributed by atoms with Gasteiger partial charge in [-0.05, 0) is 30.2 Å². The summed E-state index contributed by atoms with van der Waals surface area (Å²) in [4.78, 5) is 12.2. The van der Waals surface area contributed by atoms with Crippen LogP contribution in [-0.4, -0.2) is 27.3 Å². The van der Waals surface area contributed by atoms with Crippen LogP contribution in [0.4, 0.5) is 0 Å². The predicted molar refractivity (Wildman–Crippen MR) is 115 cm³/mol. The van der Waals surface area contributed by atoms with Gasteiger partial charge in [-0.3, -0.25) is 0 Å². The fourth-order valence-corrected chi connectivity index (χ4v) is 2.86. The third kappa shape index (κ3) is 4.92. The van der Waals surface area contributed by atoms with E-state index in [-0.39, 0.29) is 5.75 Å². The van der Waals surface area contributed by atoms with E-state index in [4.69, 9.17) is 18.9 Å². The smallest absolute Gasteiger partial charge is 0.390 e. The number of esters is 1. The minimum Gasteiger partial charge on any atom is -0.493 e. The van der Waals surface area contributed by atoms with Crippen LogP contribution in [0.1, 0.15) is 11.1 Å². The zero-order valence-corrected chi connectivity index (χ0v) is 17.3. The average Bonchev–Trinajstić information content (AvgIpc) is 2.78. The maximum absolute atomic E-state index is 12.2. The van der Waals surface area contributed by atoms with Crippen molar-refractivity contribution < 1.29 is 23.7 Å². The Labute approximate surface area is 176 Å².